The van der Waals surface area contributed by atoms with Gasteiger partial charge in [-0.05, 0) is 6.42 Å². The minimum atomic E-state index is -0.295. The van der Waals surface area contributed by atoms with Crippen LogP contribution in [0.2, 0.25) is 5.02 Å². The summed E-state index contributed by atoms with van der Waals surface area (Å²) in [5.74, 6) is 0. The van der Waals surface area contributed by atoms with Crippen molar-refractivity contribution in [3.05, 3.63) is 16.9 Å². The predicted molar refractivity (Wildman–Crippen MR) is 65.0 cm³/mol. The number of hydrogen-bond donors (Lipinski definition) is 1. The topological polar surface area (TPSA) is 62.3 Å². The van der Waals surface area contributed by atoms with Crippen LogP contribution in [0.25, 0.3) is 0 Å². The van der Waals surface area contributed by atoms with Gasteiger partial charge >= 0.3 is 0 Å². The Hall–Kier alpha value is -0.620. The summed E-state index contributed by atoms with van der Waals surface area (Å²) in [5.41, 5.74) is 7.03. The molecule has 0 saturated carbocycles. The summed E-state index contributed by atoms with van der Waals surface area (Å²) in [6, 6.07) is -0.295. The Morgan fingerprint density at radius 1 is 1.65 bits per heavy atom. The lowest BCUT2D eigenvalue weighted by atomic mass is 10.1. The minimum Gasteiger partial charge on any atom is -0.376 e. The van der Waals surface area contributed by atoms with Crippen molar-refractivity contribution in [1.29, 1.82) is 0 Å². The molecule has 2 rings (SSSR count). The number of aromatic nitrogens is 2. The van der Waals surface area contributed by atoms with Gasteiger partial charge in [0.25, 0.3) is 0 Å². The van der Waals surface area contributed by atoms with E-state index in [4.69, 9.17) is 26.8 Å². The molecule has 0 aliphatic carbocycles. The van der Waals surface area contributed by atoms with Crippen molar-refractivity contribution in [1.82, 2.24) is 9.78 Å². The van der Waals surface area contributed by atoms with Gasteiger partial charge in [-0.2, -0.15) is 5.10 Å². The van der Waals surface area contributed by atoms with Crippen molar-refractivity contribution in [2.45, 2.75) is 32.0 Å². The van der Waals surface area contributed by atoms with Gasteiger partial charge < -0.3 is 15.2 Å². The van der Waals surface area contributed by atoms with Crippen LogP contribution in [-0.4, -0.2) is 35.7 Å². The standard InChI is InChI=1S/C11H18ClN3O2/c1-2-3-15-11(8(12)6-14-15)10(13)9-7-16-4-5-17-9/h6,9-10H,2-5,7,13H2,1H3. The van der Waals surface area contributed by atoms with Crippen molar-refractivity contribution in [2.24, 2.45) is 5.73 Å². The Kier molecular flexibility index (Phi) is 4.39. The predicted octanol–water partition coefficient (Wildman–Crippen LogP) is 1.36. The Balaban J connectivity index is 2.16. The number of nitrogens with zero attached hydrogens (tertiary/aromatic N) is 2. The van der Waals surface area contributed by atoms with E-state index in [-0.39, 0.29) is 12.1 Å². The summed E-state index contributed by atoms with van der Waals surface area (Å²) in [7, 11) is 0. The second-order valence-electron chi connectivity index (χ2n) is 4.11. The number of nitrogens with two attached hydrogens (primary N) is 1. The van der Waals surface area contributed by atoms with Gasteiger partial charge in [0.15, 0.2) is 0 Å². The van der Waals surface area contributed by atoms with E-state index in [1.807, 2.05) is 4.68 Å². The summed E-state index contributed by atoms with van der Waals surface area (Å²) in [5, 5.41) is 4.83. The van der Waals surface area contributed by atoms with Gasteiger partial charge in [-0.3, -0.25) is 4.68 Å². The van der Waals surface area contributed by atoms with Crippen LogP contribution in [0.15, 0.2) is 6.20 Å². The zero-order valence-corrected chi connectivity index (χ0v) is 10.7. The van der Waals surface area contributed by atoms with Crippen LogP contribution in [0.4, 0.5) is 0 Å². The molecular weight excluding hydrogens is 242 g/mol. The molecule has 96 valence electrons. The lowest BCUT2D eigenvalue weighted by Gasteiger charge is -2.28. The van der Waals surface area contributed by atoms with E-state index in [0.717, 1.165) is 18.7 Å². The third kappa shape index (κ3) is 2.80. The van der Waals surface area contributed by atoms with Crippen LogP contribution in [0, 0.1) is 0 Å². The Morgan fingerprint density at radius 3 is 3.12 bits per heavy atom. The largest absolute Gasteiger partial charge is 0.376 e. The van der Waals surface area contributed by atoms with Gasteiger partial charge in [0, 0.05) is 6.54 Å². The first-order chi connectivity index (χ1) is 8.24. The molecule has 0 aromatic carbocycles. The van der Waals surface area contributed by atoms with Gasteiger partial charge in [0.2, 0.25) is 0 Å². The zero-order valence-electron chi connectivity index (χ0n) is 9.93. The molecule has 5 nitrogen and oxygen atoms in total. The summed E-state index contributed by atoms with van der Waals surface area (Å²) < 4.78 is 12.8. The van der Waals surface area contributed by atoms with Crippen molar-refractivity contribution in [3.8, 4) is 0 Å². The van der Waals surface area contributed by atoms with Crippen LogP contribution in [-0.2, 0) is 16.0 Å². The van der Waals surface area contributed by atoms with Crippen molar-refractivity contribution in [2.75, 3.05) is 19.8 Å². The molecule has 0 spiro atoms. The quantitative estimate of drug-likeness (QED) is 0.887. The zero-order chi connectivity index (χ0) is 12.3. The van der Waals surface area contributed by atoms with Crippen LogP contribution >= 0.6 is 11.6 Å². The molecule has 2 unspecified atom stereocenters. The third-order valence-electron chi connectivity index (χ3n) is 2.83. The molecule has 1 fully saturated rings. The first-order valence-electron chi connectivity index (χ1n) is 5.90. The van der Waals surface area contributed by atoms with Crippen LogP contribution in [0.5, 0.6) is 0 Å². The Bertz CT molecular complexity index is 364. The summed E-state index contributed by atoms with van der Waals surface area (Å²) in [4.78, 5) is 0. The molecule has 1 saturated heterocycles. The minimum absolute atomic E-state index is 0.145. The first kappa shape index (κ1) is 12.8. The fourth-order valence-electron chi connectivity index (χ4n) is 1.98. The summed E-state index contributed by atoms with van der Waals surface area (Å²) in [6.07, 6.45) is 2.48. The van der Waals surface area contributed by atoms with Gasteiger partial charge in [-0.1, -0.05) is 18.5 Å². The Labute approximate surface area is 106 Å². The third-order valence-corrected chi connectivity index (χ3v) is 3.12. The molecule has 0 amide bonds. The highest BCUT2D eigenvalue weighted by atomic mass is 35.5. The molecule has 1 aliphatic rings. The lowest BCUT2D eigenvalue weighted by Crippen LogP contribution is -2.39. The molecule has 17 heavy (non-hydrogen) atoms. The van der Waals surface area contributed by atoms with E-state index in [2.05, 4.69) is 12.0 Å². The normalized spacial score (nSPS) is 22.6. The van der Waals surface area contributed by atoms with Gasteiger partial charge in [0.05, 0.1) is 42.8 Å². The van der Waals surface area contributed by atoms with Gasteiger partial charge in [-0.15, -0.1) is 0 Å². The van der Waals surface area contributed by atoms with Crippen LogP contribution < -0.4 is 5.73 Å². The maximum atomic E-state index is 6.20. The van der Waals surface area contributed by atoms with E-state index in [1.165, 1.54) is 0 Å². The lowest BCUT2D eigenvalue weighted by molar-refractivity contribution is -0.0984. The monoisotopic (exact) mass is 259 g/mol. The fraction of sp³-hybridized carbons (Fsp3) is 0.727. The summed E-state index contributed by atoms with van der Waals surface area (Å²) in [6.45, 7) is 4.62. The Morgan fingerprint density at radius 2 is 2.47 bits per heavy atom. The maximum absolute atomic E-state index is 6.20. The average Bonchev–Trinajstić information content (AvgIpc) is 2.71. The highest BCUT2D eigenvalue weighted by Gasteiger charge is 2.28. The number of aryl methyl sites for hydroxylation is 1. The highest BCUT2D eigenvalue weighted by Crippen LogP contribution is 2.26. The summed E-state index contributed by atoms with van der Waals surface area (Å²) >= 11 is 6.14. The molecule has 2 heterocycles. The molecule has 0 radical (unpaired) electrons. The highest BCUT2D eigenvalue weighted by molar-refractivity contribution is 6.31. The van der Waals surface area contributed by atoms with Crippen molar-refractivity contribution >= 4 is 11.6 Å². The molecular formula is C11H18ClN3O2. The van der Waals surface area contributed by atoms with E-state index < -0.39 is 0 Å². The van der Waals surface area contributed by atoms with Crippen molar-refractivity contribution < 1.29 is 9.47 Å². The van der Waals surface area contributed by atoms with Gasteiger partial charge in [0.1, 0.15) is 6.10 Å². The van der Waals surface area contributed by atoms with E-state index in [9.17, 15) is 0 Å². The second-order valence-corrected chi connectivity index (χ2v) is 4.52. The smallest absolute Gasteiger partial charge is 0.102 e. The second kappa shape index (κ2) is 5.82. The number of halogens is 1. The van der Waals surface area contributed by atoms with Crippen LogP contribution in [0.1, 0.15) is 25.1 Å². The number of hydrogen-bond acceptors (Lipinski definition) is 4. The fourth-order valence-corrected chi connectivity index (χ4v) is 2.25. The SMILES string of the molecule is CCCn1ncc(Cl)c1C(N)C1COCCO1. The van der Waals surface area contributed by atoms with Gasteiger partial charge in [-0.25, -0.2) is 0 Å². The molecule has 1 aromatic heterocycles. The molecule has 1 aliphatic heterocycles. The average molecular weight is 260 g/mol. The van der Waals surface area contributed by atoms with E-state index >= 15 is 0 Å². The first-order valence-corrected chi connectivity index (χ1v) is 6.28. The molecule has 2 atom stereocenters. The van der Waals surface area contributed by atoms with E-state index in [0.29, 0.717) is 24.8 Å². The number of ether oxygens (including phenoxy) is 2. The van der Waals surface area contributed by atoms with Crippen molar-refractivity contribution in [3.63, 3.8) is 0 Å². The maximum Gasteiger partial charge on any atom is 0.102 e. The molecule has 1 aromatic rings. The molecule has 6 heteroatoms. The van der Waals surface area contributed by atoms with E-state index in [1.54, 1.807) is 6.20 Å². The molecule has 0 bridgehead atoms. The number of rotatable bonds is 4. The molecule has 2 N–H and O–H groups in total. The van der Waals surface area contributed by atoms with Crippen LogP contribution in [0.3, 0.4) is 0 Å².